The van der Waals surface area contributed by atoms with Crippen LogP contribution in [0.3, 0.4) is 0 Å². The smallest absolute Gasteiger partial charge is 0.155 e. The van der Waals surface area contributed by atoms with Crippen LogP contribution in [0.15, 0.2) is 27.8 Å². The number of hydrazine groups is 1. The highest BCUT2D eigenvalue weighted by molar-refractivity contribution is 9.10. The zero-order chi connectivity index (χ0) is 12.7. The molecule has 0 fully saturated rings. The zero-order valence-electron chi connectivity index (χ0n) is 9.54. The average Bonchev–Trinajstić information content (AvgIpc) is 2.24. The SMILES string of the molecule is CC.CN(N)/N=C(\N)c1cccc(Br)c1F. The third-order valence-electron chi connectivity index (χ3n) is 1.49. The van der Waals surface area contributed by atoms with Crippen molar-refractivity contribution in [2.24, 2.45) is 16.7 Å². The van der Waals surface area contributed by atoms with Crippen LogP contribution in [0.2, 0.25) is 0 Å². The lowest BCUT2D eigenvalue weighted by Gasteiger charge is -2.07. The molecule has 4 N–H and O–H groups in total. The predicted octanol–water partition coefficient (Wildman–Crippen LogP) is 2.04. The maximum absolute atomic E-state index is 13.4. The molecule has 16 heavy (non-hydrogen) atoms. The van der Waals surface area contributed by atoms with Crippen LogP contribution < -0.4 is 11.6 Å². The van der Waals surface area contributed by atoms with E-state index in [2.05, 4.69) is 21.0 Å². The van der Waals surface area contributed by atoms with Gasteiger partial charge < -0.3 is 5.73 Å². The van der Waals surface area contributed by atoms with E-state index in [1.165, 1.54) is 13.1 Å². The molecule has 0 aliphatic carbocycles. The number of benzene rings is 1. The van der Waals surface area contributed by atoms with E-state index in [0.29, 0.717) is 4.47 Å². The number of rotatable bonds is 2. The summed E-state index contributed by atoms with van der Waals surface area (Å²) in [4.78, 5) is 0. The van der Waals surface area contributed by atoms with Crippen LogP contribution in [0.25, 0.3) is 0 Å². The Morgan fingerprint density at radius 3 is 2.50 bits per heavy atom. The topological polar surface area (TPSA) is 67.6 Å². The van der Waals surface area contributed by atoms with Gasteiger partial charge in [-0.15, -0.1) is 5.10 Å². The van der Waals surface area contributed by atoms with Crippen LogP contribution in [0.5, 0.6) is 0 Å². The van der Waals surface area contributed by atoms with Gasteiger partial charge in [-0.3, -0.25) is 0 Å². The second-order valence-corrected chi connectivity index (χ2v) is 3.51. The van der Waals surface area contributed by atoms with Crippen LogP contribution >= 0.6 is 15.9 Å². The second-order valence-electron chi connectivity index (χ2n) is 2.66. The molecular formula is C10H16BrFN4. The number of nitrogens with zero attached hydrogens (tertiary/aromatic N) is 2. The molecule has 0 aromatic heterocycles. The summed E-state index contributed by atoms with van der Waals surface area (Å²) in [7, 11) is 1.50. The Kier molecular flexibility index (Phi) is 6.67. The number of halogens is 2. The average molecular weight is 291 g/mol. The third-order valence-corrected chi connectivity index (χ3v) is 2.11. The van der Waals surface area contributed by atoms with E-state index in [0.717, 1.165) is 5.12 Å². The summed E-state index contributed by atoms with van der Waals surface area (Å²) in [6.45, 7) is 4.00. The molecule has 0 saturated carbocycles. The lowest BCUT2D eigenvalue weighted by molar-refractivity contribution is 0.371. The molecule has 6 heteroatoms. The van der Waals surface area contributed by atoms with Crippen molar-refractivity contribution in [3.05, 3.63) is 34.1 Å². The summed E-state index contributed by atoms with van der Waals surface area (Å²) < 4.78 is 13.8. The van der Waals surface area contributed by atoms with Crippen LogP contribution in [-0.2, 0) is 0 Å². The van der Waals surface area contributed by atoms with E-state index in [1.54, 1.807) is 12.1 Å². The third kappa shape index (κ3) is 4.16. The molecule has 1 rings (SSSR count). The number of nitrogens with two attached hydrogens (primary N) is 2. The van der Waals surface area contributed by atoms with Crippen LogP contribution in [-0.4, -0.2) is 18.0 Å². The largest absolute Gasteiger partial charge is 0.382 e. The van der Waals surface area contributed by atoms with E-state index in [4.69, 9.17) is 11.6 Å². The first-order valence-electron chi connectivity index (χ1n) is 4.79. The van der Waals surface area contributed by atoms with Crippen molar-refractivity contribution in [3.8, 4) is 0 Å². The maximum Gasteiger partial charge on any atom is 0.155 e. The van der Waals surface area contributed by atoms with Gasteiger partial charge in [0, 0.05) is 7.05 Å². The van der Waals surface area contributed by atoms with Gasteiger partial charge in [-0.1, -0.05) is 19.9 Å². The van der Waals surface area contributed by atoms with Crippen LogP contribution in [0.1, 0.15) is 19.4 Å². The molecule has 0 saturated heterocycles. The van der Waals surface area contributed by atoms with Gasteiger partial charge in [-0.05, 0) is 28.1 Å². The summed E-state index contributed by atoms with van der Waals surface area (Å²) in [6, 6.07) is 4.78. The molecule has 0 atom stereocenters. The van der Waals surface area contributed by atoms with Gasteiger partial charge >= 0.3 is 0 Å². The molecule has 4 nitrogen and oxygen atoms in total. The summed E-state index contributed by atoms with van der Waals surface area (Å²) in [6.07, 6.45) is 0. The minimum Gasteiger partial charge on any atom is -0.382 e. The van der Waals surface area contributed by atoms with E-state index in [9.17, 15) is 4.39 Å². The maximum atomic E-state index is 13.4. The molecule has 90 valence electrons. The highest BCUT2D eigenvalue weighted by atomic mass is 79.9. The molecule has 0 radical (unpaired) electrons. The van der Waals surface area contributed by atoms with Crippen molar-refractivity contribution in [1.29, 1.82) is 0 Å². The predicted molar refractivity (Wildman–Crippen MR) is 68.1 cm³/mol. The van der Waals surface area contributed by atoms with Crippen molar-refractivity contribution in [2.75, 3.05) is 7.05 Å². The molecule has 0 heterocycles. The normalized spacial score (nSPS) is 10.5. The number of hydrogen-bond donors (Lipinski definition) is 2. The van der Waals surface area contributed by atoms with Gasteiger partial charge in [0.05, 0.1) is 10.0 Å². The van der Waals surface area contributed by atoms with Gasteiger partial charge in [-0.2, -0.15) is 0 Å². The molecule has 0 aliphatic rings. The summed E-state index contributed by atoms with van der Waals surface area (Å²) in [5, 5.41) is 4.72. The molecule has 1 aromatic carbocycles. The Labute approximate surface area is 103 Å². The molecule has 0 amide bonds. The first kappa shape index (κ1) is 14.9. The number of hydrazone groups is 1. The fourth-order valence-electron chi connectivity index (χ4n) is 0.925. The van der Waals surface area contributed by atoms with Crippen LogP contribution in [0, 0.1) is 5.82 Å². The first-order valence-corrected chi connectivity index (χ1v) is 5.58. The number of hydrogen-bond acceptors (Lipinski definition) is 3. The summed E-state index contributed by atoms with van der Waals surface area (Å²) in [5.41, 5.74) is 5.75. The minimum absolute atomic E-state index is 0.0359. The molecule has 1 aromatic rings. The van der Waals surface area contributed by atoms with Gasteiger partial charge in [0.25, 0.3) is 0 Å². The van der Waals surface area contributed by atoms with Gasteiger partial charge in [0.2, 0.25) is 0 Å². The zero-order valence-corrected chi connectivity index (χ0v) is 11.1. The fourth-order valence-corrected chi connectivity index (χ4v) is 1.29. The first-order chi connectivity index (χ1) is 7.52. The Balaban J connectivity index is 0.00000106. The Bertz CT molecular complexity index is 366. The monoisotopic (exact) mass is 290 g/mol. The fraction of sp³-hybridized carbons (Fsp3) is 0.300. The summed E-state index contributed by atoms with van der Waals surface area (Å²) >= 11 is 3.05. The molecular weight excluding hydrogens is 275 g/mol. The van der Waals surface area contributed by atoms with E-state index in [-0.39, 0.29) is 11.4 Å². The van der Waals surface area contributed by atoms with Gasteiger partial charge in [-0.25, -0.2) is 15.4 Å². The second kappa shape index (κ2) is 7.19. The molecule has 0 bridgehead atoms. The van der Waals surface area contributed by atoms with Crippen molar-refractivity contribution in [2.45, 2.75) is 13.8 Å². The quantitative estimate of drug-likeness (QED) is 0.379. The Morgan fingerprint density at radius 1 is 1.44 bits per heavy atom. The van der Waals surface area contributed by atoms with Crippen molar-refractivity contribution in [3.63, 3.8) is 0 Å². The molecule has 0 aliphatic heterocycles. The molecule has 0 spiro atoms. The van der Waals surface area contributed by atoms with E-state index < -0.39 is 5.82 Å². The van der Waals surface area contributed by atoms with E-state index in [1.807, 2.05) is 13.8 Å². The standard InChI is InChI=1S/C8H10BrFN4.C2H6/c1-14(12)13-8(11)5-3-2-4-6(9)7(5)10;1-2/h2-4H,12H2,1H3,(H2,11,13);1-2H3. The number of amidine groups is 1. The highest BCUT2D eigenvalue weighted by Gasteiger charge is 2.09. The van der Waals surface area contributed by atoms with Crippen molar-refractivity contribution >= 4 is 21.8 Å². The minimum atomic E-state index is -0.449. The van der Waals surface area contributed by atoms with Crippen molar-refractivity contribution < 1.29 is 4.39 Å². The van der Waals surface area contributed by atoms with Crippen LogP contribution in [0.4, 0.5) is 4.39 Å². The molecule has 0 unspecified atom stereocenters. The Hall–Kier alpha value is -1.14. The highest BCUT2D eigenvalue weighted by Crippen LogP contribution is 2.18. The van der Waals surface area contributed by atoms with Crippen molar-refractivity contribution in [1.82, 2.24) is 5.12 Å². The summed E-state index contributed by atoms with van der Waals surface area (Å²) in [5.74, 6) is 4.84. The van der Waals surface area contributed by atoms with E-state index >= 15 is 0 Å². The lowest BCUT2D eigenvalue weighted by Crippen LogP contribution is -2.26. The Morgan fingerprint density at radius 2 is 2.00 bits per heavy atom. The van der Waals surface area contributed by atoms with Gasteiger partial charge in [0.15, 0.2) is 5.84 Å². The van der Waals surface area contributed by atoms with Gasteiger partial charge in [0.1, 0.15) is 5.82 Å². The lowest BCUT2D eigenvalue weighted by atomic mass is 10.2.